The lowest BCUT2D eigenvalue weighted by Crippen LogP contribution is -2.10. The molecule has 3 heteroatoms. The summed E-state index contributed by atoms with van der Waals surface area (Å²) >= 11 is 0. The van der Waals surface area contributed by atoms with E-state index in [1.54, 1.807) is 12.5 Å². The van der Waals surface area contributed by atoms with Crippen LogP contribution in [0, 0.1) is 5.92 Å². The summed E-state index contributed by atoms with van der Waals surface area (Å²) in [5.41, 5.74) is 7.03. The van der Waals surface area contributed by atoms with Crippen molar-refractivity contribution in [3.8, 4) is 0 Å². The first kappa shape index (κ1) is 8.62. The average Bonchev–Trinajstić information content (AvgIpc) is 2.65. The van der Waals surface area contributed by atoms with Gasteiger partial charge in [-0.15, -0.1) is 12.4 Å². The van der Waals surface area contributed by atoms with Gasteiger partial charge in [0, 0.05) is 11.6 Å². The van der Waals surface area contributed by atoms with Gasteiger partial charge >= 0.3 is 0 Å². The first-order valence-electron chi connectivity index (χ1n) is 3.65. The monoisotopic (exact) mass is 173 g/mol. The van der Waals surface area contributed by atoms with Crippen molar-refractivity contribution in [1.82, 2.24) is 0 Å². The van der Waals surface area contributed by atoms with Gasteiger partial charge in [0.1, 0.15) is 0 Å². The summed E-state index contributed by atoms with van der Waals surface area (Å²) in [5, 5.41) is 0. The van der Waals surface area contributed by atoms with Crippen molar-refractivity contribution in [3.05, 3.63) is 24.2 Å². The van der Waals surface area contributed by atoms with Gasteiger partial charge in [0.25, 0.3) is 0 Å². The predicted molar refractivity (Wildman–Crippen MR) is 45.6 cm³/mol. The number of halogens is 1. The van der Waals surface area contributed by atoms with Crippen LogP contribution in [0.15, 0.2) is 23.0 Å². The van der Waals surface area contributed by atoms with Crippen LogP contribution in [-0.2, 0) is 0 Å². The van der Waals surface area contributed by atoms with E-state index in [1.165, 1.54) is 12.8 Å². The van der Waals surface area contributed by atoms with Crippen molar-refractivity contribution in [1.29, 1.82) is 0 Å². The van der Waals surface area contributed by atoms with Crippen molar-refractivity contribution in [2.45, 2.75) is 18.9 Å². The third-order valence-electron chi connectivity index (χ3n) is 2.06. The molecular formula is C8H12ClNO. The topological polar surface area (TPSA) is 39.2 Å². The minimum atomic E-state index is 0. The van der Waals surface area contributed by atoms with E-state index in [9.17, 15) is 0 Å². The maximum absolute atomic E-state index is 5.88. The average molecular weight is 174 g/mol. The van der Waals surface area contributed by atoms with Gasteiger partial charge in [-0.2, -0.15) is 0 Å². The molecule has 1 aliphatic carbocycles. The first-order valence-corrected chi connectivity index (χ1v) is 3.65. The summed E-state index contributed by atoms with van der Waals surface area (Å²) in [4.78, 5) is 0. The van der Waals surface area contributed by atoms with Gasteiger partial charge in [0.05, 0.1) is 12.5 Å². The van der Waals surface area contributed by atoms with Gasteiger partial charge in [0.15, 0.2) is 0 Å². The van der Waals surface area contributed by atoms with E-state index >= 15 is 0 Å². The molecule has 0 saturated heterocycles. The summed E-state index contributed by atoms with van der Waals surface area (Å²) in [6.45, 7) is 0. The summed E-state index contributed by atoms with van der Waals surface area (Å²) in [7, 11) is 0. The van der Waals surface area contributed by atoms with E-state index in [2.05, 4.69) is 0 Å². The largest absolute Gasteiger partial charge is 0.472 e. The zero-order chi connectivity index (χ0) is 6.97. The Bertz CT molecular complexity index is 206. The Morgan fingerprint density at radius 3 is 2.73 bits per heavy atom. The van der Waals surface area contributed by atoms with Gasteiger partial charge in [-0.3, -0.25) is 0 Å². The molecule has 1 fully saturated rings. The van der Waals surface area contributed by atoms with E-state index < -0.39 is 0 Å². The van der Waals surface area contributed by atoms with Crippen LogP contribution in [0.25, 0.3) is 0 Å². The number of hydrogen-bond donors (Lipinski definition) is 1. The number of furan rings is 1. The normalized spacial score (nSPS) is 19.0. The molecule has 0 amide bonds. The van der Waals surface area contributed by atoms with Crippen LogP contribution in [0.5, 0.6) is 0 Å². The fraction of sp³-hybridized carbons (Fsp3) is 0.500. The fourth-order valence-electron chi connectivity index (χ4n) is 1.19. The first-order chi connectivity index (χ1) is 4.88. The van der Waals surface area contributed by atoms with Crippen molar-refractivity contribution >= 4 is 12.4 Å². The van der Waals surface area contributed by atoms with Gasteiger partial charge in [-0.1, -0.05) is 0 Å². The Morgan fingerprint density at radius 2 is 2.27 bits per heavy atom. The van der Waals surface area contributed by atoms with Gasteiger partial charge in [-0.05, 0) is 24.8 Å². The molecule has 2 nitrogen and oxygen atoms in total. The Labute approximate surface area is 72.2 Å². The lowest BCUT2D eigenvalue weighted by atomic mass is 10.1. The molecule has 0 radical (unpaired) electrons. The van der Waals surface area contributed by atoms with Gasteiger partial charge in [0.2, 0.25) is 0 Å². The molecule has 1 heterocycles. The Kier molecular flexibility index (Phi) is 2.58. The zero-order valence-electron chi connectivity index (χ0n) is 6.19. The predicted octanol–water partition coefficient (Wildman–Crippen LogP) is 2.11. The zero-order valence-corrected chi connectivity index (χ0v) is 7.01. The third-order valence-corrected chi connectivity index (χ3v) is 2.06. The van der Waals surface area contributed by atoms with Crippen LogP contribution in [0.1, 0.15) is 24.4 Å². The highest BCUT2D eigenvalue weighted by Crippen LogP contribution is 2.39. The highest BCUT2D eigenvalue weighted by Gasteiger charge is 2.29. The highest BCUT2D eigenvalue weighted by atomic mass is 35.5. The molecule has 1 saturated carbocycles. The molecule has 0 aromatic carbocycles. The Morgan fingerprint density at radius 1 is 1.55 bits per heavy atom. The van der Waals surface area contributed by atoms with Crippen molar-refractivity contribution in [2.75, 3.05) is 0 Å². The maximum Gasteiger partial charge on any atom is 0.0950 e. The van der Waals surface area contributed by atoms with E-state index in [1.807, 2.05) is 6.07 Å². The summed E-state index contributed by atoms with van der Waals surface area (Å²) in [6, 6.07) is 2.17. The van der Waals surface area contributed by atoms with E-state index in [0.29, 0.717) is 0 Å². The summed E-state index contributed by atoms with van der Waals surface area (Å²) in [6.07, 6.45) is 5.99. The number of rotatable bonds is 2. The molecule has 0 spiro atoms. The second-order valence-electron chi connectivity index (χ2n) is 2.92. The maximum atomic E-state index is 5.88. The van der Waals surface area contributed by atoms with Crippen LogP contribution < -0.4 is 5.73 Å². The summed E-state index contributed by atoms with van der Waals surface area (Å²) in [5.74, 6) is 0.720. The van der Waals surface area contributed by atoms with Crippen molar-refractivity contribution in [3.63, 3.8) is 0 Å². The molecule has 0 bridgehead atoms. The molecule has 0 aliphatic heterocycles. The molecule has 2 N–H and O–H groups in total. The van der Waals surface area contributed by atoms with Gasteiger partial charge < -0.3 is 10.2 Å². The standard InChI is InChI=1S/C8H11NO.ClH/c9-8(6-1-2-6)7-3-4-10-5-7;/h3-6,8H,1-2,9H2;1H/t8-;/m1./s1. The van der Waals surface area contributed by atoms with Crippen LogP contribution in [0.3, 0.4) is 0 Å². The molecule has 1 aliphatic rings. The van der Waals surface area contributed by atoms with Crippen LogP contribution in [-0.4, -0.2) is 0 Å². The molecule has 1 atom stereocenters. The molecule has 1 aromatic rings. The lowest BCUT2D eigenvalue weighted by molar-refractivity contribution is 0.551. The van der Waals surface area contributed by atoms with Crippen LogP contribution in [0.4, 0.5) is 0 Å². The molecule has 0 unspecified atom stereocenters. The fourth-order valence-corrected chi connectivity index (χ4v) is 1.19. The smallest absolute Gasteiger partial charge is 0.0950 e. The van der Waals surface area contributed by atoms with E-state index in [0.717, 1.165) is 11.5 Å². The highest BCUT2D eigenvalue weighted by molar-refractivity contribution is 5.85. The minimum Gasteiger partial charge on any atom is -0.472 e. The number of nitrogens with two attached hydrogens (primary N) is 1. The molecular weight excluding hydrogens is 162 g/mol. The quantitative estimate of drug-likeness (QED) is 0.744. The third kappa shape index (κ3) is 1.76. The van der Waals surface area contributed by atoms with E-state index in [-0.39, 0.29) is 18.4 Å². The second kappa shape index (κ2) is 3.28. The van der Waals surface area contributed by atoms with Gasteiger partial charge in [-0.25, -0.2) is 0 Å². The van der Waals surface area contributed by atoms with Crippen LogP contribution in [0.2, 0.25) is 0 Å². The van der Waals surface area contributed by atoms with Crippen molar-refractivity contribution in [2.24, 2.45) is 11.7 Å². The SMILES string of the molecule is Cl.N[C@@H](c1ccoc1)C1CC1. The molecule has 62 valence electrons. The Hall–Kier alpha value is -0.470. The van der Waals surface area contributed by atoms with E-state index in [4.69, 9.17) is 10.2 Å². The molecule has 1 aromatic heterocycles. The van der Waals surface area contributed by atoms with Crippen molar-refractivity contribution < 1.29 is 4.42 Å². The Balaban J connectivity index is 0.000000605. The minimum absolute atomic E-state index is 0. The van der Waals surface area contributed by atoms with Crippen LogP contribution >= 0.6 is 12.4 Å². The number of hydrogen-bond acceptors (Lipinski definition) is 2. The summed E-state index contributed by atoms with van der Waals surface area (Å²) < 4.78 is 4.93. The molecule has 2 rings (SSSR count). The second-order valence-corrected chi connectivity index (χ2v) is 2.92. The lowest BCUT2D eigenvalue weighted by Gasteiger charge is -2.04. The molecule has 11 heavy (non-hydrogen) atoms.